The predicted octanol–water partition coefficient (Wildman–Crippen LogP) is 2.71. The van der Waals surface area contributed by atoms with Gasteiger partial charge >= 0.3 is 0 Å². The number of thiophene rings is 1. The van der Waals surface area contributed by atoms with Gasteiger partial charge in [0.1, 0.15) is 10.5 Å². The SMILES string of the molecule is O=c1[nH]c(CSc2nc3ccccc3c(=O)n2CCCN2CCOCC2)nc2ccsc12. The van der Waals surface area contributed by atoms with Crippen molar-refractivity contribution in [2.45, 2.75) is 23.9 Å². The van der Waals surface area contributed by atoms with Crippen LogP contribution in [0.15, 0.2) is 50.5 Å². The molecule has 1 aromatic carbocycles. The quantitative estimate of drug-likeness (QED) is 0.329. The number of aromatic amines is 1. The van der Waals surface area contributed by atoms with E-state index in [9.17, 15) is 9.59 Å². The zero-order valence-electron chi connectivity index (χ0n) is 17.5. The van der Waals surface area contributed by atoms with Crippen LogP contribution < -0.4 is 11.1 Å². The Morgan fingerprint density at radius 3 is 2.78 bits per heavy atom. The van der Waals surface area contributed by atoms with Gasteiger partial charge in [0.15, 0.2) is 5.16 Å². The summed E-state index contributed by atoms with van der Waals surface area (Å²) >= 11 is 2.81. The van der Waals surface area contributed by atoms with Gasteiger partial charge in [-0.2, -0.15) is 0 Å². The zero-order chi connectivity index (χ0) is 21.9. The molecule has 166 valence electrons. The lowest BCUT2D eigenvalue weighted by Crippen LogP contribution is -2.37. The molecule has 1 saturated heterocycles. The van der Waals surface area contributed by atoms with E-state index in [2.05, 4.69) is 14.9 Å². The molecule has 10 heteroatoms. The molecule has 0 unspecified atom stereocenters. The molecule has 1 N–H and O–H groups in total. The molecule has 4 heterocycles. The Morgan fingerprint density at radius 1 is 1.06 bits per heavy atom. The molecule has 5 rings (SSSR count). The van der Waals surface area contributed by atoms with Crippen molar-refractivity contribution < 1.29 is 4.74 Å². The number of hydrogen-bond donors (Lipinski definition) is 1. The summed E-state index contributed by atoms with van der Waals surface area (Å²) < 4.78 is 7.80. The number of nitrogens with zero attached hydrogens (tertiary/aromatic N) is 4. The zero-order valence-corrected chi connectivity index (χ0v) is 19.1. The standard InChI is InChI=1S/C22H23N5O3S2/c28-20-19-17(6-13-31-19)23-18(25-20)14-32-22-24-16-5-2-1-4-15(16)21(29)27(22)8-3-7-26-9-11-30-12-10-26/h1-2,4-6,13H,3,7-12,14H2,(H,23,25,28). The number of thioether (sulfide) groups is 1. The highest BCUT2D eigenvalue weighted by Crippen LogP contribution is 2.22. The van der Waals surface area contributed by atoms with E-state index in [0.29, 0.717) is 44.4 Å². The second-order valence-corrected chi connectivity index (χ2v) is 9.47. The molecule has 0 saturated carbocycles. The van der Waals surface area contributed by atoms with Crippen LogP contribution in [0.25, 0.3) is 21.1 Å². The van der Waals surface area contributed by atoms with Gasteiger partial charge in [0, 0.05) is 26.2 Å². The number of fused-ring (bicyclic) bond motifs is 2. The van der Waals surface area contributed by atoms with E-state index in [1.165, 1.54) is 23.1 Å². The van der Waals surface area contributed by atoms with E-state index in [4.69, 9.17) is 9.72 Å². The first-order valence-corrected chi connectivity index (χ1v) is 12.4. The van der Waals surface area contributed by atoms with E-state index in [1.54, 1.807) is 4.57 Å². The summed E-state index contributed by atoms with van der Waals surface area (Å²) in [5, 5.41) is 3.12. The number of nitrogens with one attached hydrogen (secondary N) is 1. The third-order valence-electron chi connectivity index (χ3n) is 5.49. The van der Waals surface area contributed by atoms with Gasteiger partial charge in [-0.3, -0.25) is 19.1 Å². The van der Waals surface area contributed by atoms with Crippen molar-refractivity contribution >= 4 is 44.2 Å². The average Bonchev–Trinajstić information content (AvgIpc) is 3.29. The molecule has 0 atom stereocenters. The minimum Gasteiger partial charge on any atom is -0.379 e. The Bertz CT molecular complexity index is 1360. The van der Waals surface area contributed by atoms with Crippen LogP contribution in [0.4, 0.5) is 0 Å². The minimum absolute atomic E-state index is 0.0326. The molecule has 32 heavy (non-hydrogen) atoms. The summed E-state index contributed by atoms with van der Waals surface area (Å²) in [6.45, 7) is 4.88. The summed E-state index contributed by atoms with van der Waals surface area (Å²) in [6, 6.07) is 9.27. The first-order valence-electron chi connectivity index (χ1n) is 10.6. The van der Waals surface area contributed by atoms with Gasteiger partial charge in [0.05, 0.1) is 35.4 Å². The van der Waals surface area contributed by atoms with Crippen LogP contribution in [0.2, 0.25) is 0 Å². The molecule has 4 aromatic rings. The third-order valence-corrected chi connectivity index (χ3v) is 7.38. The van der Waals surface area contributed by atoms with Crippen LogP contribution in [0.5, 0.6) is 0 Å². The molecule has 1 fully saturated rings. The maximum atomic E-state index is 13.2. The predicted molar refractivity (Wildman–Crippen MR) is 128 cm³/mol. The van der Waals surface area contributed by atoms with E-state index in [1.807, 2.05) is 35.7 Å². The van der Waals surface area contributed by atoms with Crippen molar-refractivity contribution in [1.29, 1.82) is 0 Å². The smallest absolute Gasteiger partial charge is 0.268 e. The topological polar surface area (TPSA) is 93.1 Å². The number of morpholine rings is 1. The van der Waals surface area contributed by atoms with Gasteiger partial charge in [-0.25, -0.2) is 9.97 Å². The monoisotopic (exact) mass is 469 g/mol. The van der Waals surface area contributed by atoms with Crippen LogP contribution in [-0.4, -0.2) is 57.3 Å². The second kappa shape index (κ2) is 9.53. The molecule has 0 amide bonds. The van der Waals surface area contributed by atoms with Crippen LogP contribution >= 0.6 is 23.1 Å². The van der Waals surface area contributed by atoms with Crippen LogP contribution in [0.1, 0.15) is 12.2 Å². The fourth-order valence-electron chi connectivity index (χ4n) is 3.86. The van der Waals surface area contributed by atoms with Crippen molar-refractivity contribution in [3.8, 4) is 0 Å². The maximum absolute atomic E-state index is 13.2. The van der Waals surface area contributed by atoms with Crippen molar-refractivity contribution in [2.24, 2.45) is 0 Å². The fraction of sp³-hybridized carbons (Fsp3) is 0.364. The molecule has 0 aliphatic carbocycles. The largest absolute Gasteiger partial charge is 0.379 e. The number of ether oxygens (including phenoxy) is 1. The van der Waals surface area contributed by atoms with Gasteiger partial charge in [0.25, 0.3) is 11.1 Å². The number of para-hydroxylation sites is 1. The summed E-state index contributed by atoms with van der Waals surface area (Å²) in [7, 11) is 0. The van der Waals surface area contributed by atoms with Gasteiger partial charge in [0.2, 0.25) is 0 Å². The molecular formula is C22H23N5O3S2. The maximum Gasteiger partial charge on any atom is 0.268 e. The van der Waals surface area contributed by atoms with Gasteiger partial charge < -0.3 is 9.72 Å². The molecule has 8 nitrogen and oxygen atoms in total. The molecular weight excluding hydrogens is 446 g/mol. The Kier molecular flexibility index (Phi) is 6.35. The first kappa shape index (κ1) is 21.3. The van der Waals surface area contributed by atoms with E-state index in [0.717, 1.165) is 39.3 Å². The first-order chi connectivity index (χ1) is 15.7. The summed E-state index contributed by atoms with van der Waals surface area (Å²) in [5.74, 6) is 1.00. The lowest BCUT2D eigenvalue weighted by molar-refractivity contribution is 0.0368. The van der Waals surface area contributed by atoms with Gasteiger partial charge in [-0.15, -0.1) is 11.3 Å². The highest BCUT2D eigenvalue weighted by molar-refractivity contribution is 7.98. The number of benzene rings is 1. The van der Waals surface area contributed by atoms with Crippen LogP contribution in [0.3, 0.4) is 0 Å². The number of aromatic nitrogens is 4. The van der Waals surface area contributed by atoms with Crippen molar-refractivity contribution in [3.63, 3.8) is 0 Å². The minimum atomic E-state index is -0.130. The van der Waals surface area contributed by atoms with E-state index in [-0.39, 0.29) is 11.1 Å². The van der Waals surface area contributed by atoms with E-state index < -0.39 is 0 Å². The summed E-state index contributed by atoms with van der Waals surface area (Å²) in [5.41, 5.74) is 1.22. The molecule has 0 spiro atoms. The highest BCUT2D eigenvalue weighted by Gasteiger charge is 2.15. The Hall–Kier alpha value is -2.53. The van der Waals surface area contributed by atoms with Crippen LogP contribution in [0, 0.1) is 0 Å². The molecule has 1 aliphatic heterocycles. The number of rotatable bonds is 7. The van der Waals surface area contributed by atoms with E-state index >= 15 is 0 Å². The number of hydrogen-bond acceptors (Lipinski definition) is 8. The average molecular weight is 470 g/mol. The normalized spacial score (nSPS) is 15.0. The molecule has 3 aromatic heterocycles. The summed E-state index contributed by atoms with van der Waals surface area (Å²) in [4.78, 5) is 40.1. The molecule has 1 aliphatic rings. The fourth-order valence-corrected chi connectivity index (χ4v) is 5.48. The van der Waals surface area contributed by atoms with Crippen molar-refractivity contribution in [3.05, 3.63) is 62.2 Å². The lowest BCUT2D eigenvalue weighted by atomic mass is 10.2. The Morgan fingerprint density at radius 2 is 1.91 bits per heavy atom. The molecule has 0 radical (unpaired) electrons. The number of H-pyrrole nitrogens is 1. The van der Waals surface area contributed by atoms with Gasteiger partial charge in [-0.1, -0.05) is 23.9 Å². The lowest BCUT2D eigenvalue weighted by Gasteiger charge is -2.26. The summed E-state index contributed by atoms with van der Waals surface area (Å²) in [6.07, 6.45) is 0.851. The molecule has 0 bridgehead atoms. The van der Waals surface area contributed by atoms with Crippen molar-refractivity contribution in [1.82, 2.24) is 24.4 Å². The second-order valence-electron chi connectivity index (χ2n) is 7.61. The van der Waals surface area contributed by atoms with Crippen LogP contribution in [-0.2, 0) is 17.0 Å². The van der Waals surface area contributed by atoms with Crippen molar-refractivity contribution in [2.75, 3.05) is 32.8 Å². The Balaban J connectivity index is 1.40. The third kappa shape index (κ3) is 4.49. The highest BCUT2D eigenvalue weighted by atomic mass is 32.2. The Labute approximate surface area is 192 Å². The van der Waals surface area contributed by atoms with Gasteiger partial charge in [-0.05, 0) is 30.0 Å².